The van der Waals surface area contributed by atoms with Gasteiger partial charge in [-0.05, 0) is 31.3 Å². The minimum Gasteiger partial charge on any atom is -0.328 e. The van der Waals surface area contributed by atoms with Crippen LogP contribution in [-0.4, -0.2) is 5.11 Å². The lowest BCUT2D eigenvalue weighted by Crippen LogP contribution is -2.61. The van der Waals surface area contributed by atoms with Crippen LogP contribution in [0.1, 0.15) is 5.56 Å². The molecule has 2 rings (SSSR count). The summed E-state index contributed by atoms with van der Waals surface area (Å²) < 4.78 is 1.52. The van der Waals surface area contributed by atoms with Crippen LogP contribution in [0.5, 0.6) is 0 Å². The van der Waals surface area contributed by atoms with Crippen molar-refractivity contribution in [2.75, 3.05) is 10.3 Å². The fourth-order valence-electron chi connectivity index (χ4n) is 2.00. The van der Waals surface area contributed by atoms with Crippen LogP contribution in [0.25, 0.3) is 0 Å². The molecular formula is C18H13N6S+. The molecule has 2 aromatic rings. The summed E-state index contributed by atoms with van der Waals surface area (Å²) in [6, 6.07) is 18.2. The fraction of sp³-hybridized carbons (Fsp3) is 0.0556. The van der Waals surface area contributed by atoms with Gasteiger partial charge in [0.15, 0.2) is 5.57 Å². The van der Waals surface area contributed by atoms with Gasteiger partial charge < -0.3 is 5.32 Å². The SMILES string of the molecule is Cc1ccc(NC(=S)N(C(C#N)=C(C#N)C#N)[n+]2ccccc2)cc1. The molecule has 0 atom stereocenters. The first-order chi connectivity index (χ1) is 12.1. The van der Waals surface area contributed by atoms with E-state index in [1.165, 1.54) is 9.69 Å². The lowest BCUT2D eigenvalue weighted by molar-refractivity contribution is -0.675. The first-order valence-electron chi connectivity index (χ1n) is 7.19. The van der Waals surface area contributed by atoms with Crippen molar-refractivity contribution in [3.05, 3.63) is 71.7 Å². The number of anilines is 1. The molecule has 1 aromatic heterocycles. The fourth-order valence-corrected chi connectivity index (χ4v) is 2.30. The van der Waals surface area contributed by atoms with E-state index in [2.05, 4.69) is 5.32 Å². The summed E-state index contributed by atoms with van der Waals surface area (Å²) in [5.74, 6) is 0. The van der Waals surface area contributed by atoms with Crippen molar-refractivity contribution in [2.45, 2.75) is 6.92 Å². The molecule has 0 aliphatic rings. The monoisotopic (exact) mass is 345 g/mol. The van der Waals surface area contributed by atoms with Crippen LogP contribution < -0.4 is 15.0 Å². The molecule has 0 bridgehead atoms. The molecule has 1 aromatic carbocycles. The summed E-state index contributed by atoms with van der Waals surface area (Å²) in [5, 5.41) is 32.3. The van der Waals surface area contributed by atoms with E-state index in [0.717, 1.165) is 11.3 Å². The number of aromatic nitrogens is 1. The maximum absolute atomic E-state index is 9.49. The van der Waals surface area contributed by atoms with Gasteiger partial charge in [0, 0.05) is 17.8 Å². The van der Waals surface area contributed by atoms with E-state index in [4.69, 9.17) is 22.7 Å². The minimum absolute atomic E-state index is 0.152. The molecule has 0 aliphatic carbocycles. The van der Waals surface area contributed by atoms with Gasteiger partial charge >= 0.3 is 0 Å². The van der Waals surface area contributed by atoms with E-state index in [1.54, 1.807) is 42.7 Å². The Balaban J connectivity index is 2.49. The Morgan fingerprint density at radius 3 is 2.12 bits per heavy atom. The standard InChI is InChI=1S/C18H12N6S/c1-14-5-7-16(8-6-14)22-18(25)24(23-9-3-2-4-10-23)17(13-21)15(11-19)12-20/h2-10H,1H3/p+1. The molecule has 0 aliphatic heterocycles. The Hall–Kier alpha value is -3.73. The summed E-state index contributed by atoms with van der Waals surface area (Å²) in [7, 11) is 0. The van der Waals surface area contributed by atoms with E-state index >= 15 is 0 Å². The number of rotatable bonds is 3. The number of nitrogens with one attached hydrogen (secondary N) is 1. The highest BCUT2D eigenvalue weighted by molar-refractivity contribution is 7.80. The van der Waals surface area contributed by atoms with Crippen molar-refractivity contribution in [2.24, 2.45) is 0 Å². The van der Waals surface area contributed by atoms with Crippen molar-refractivity contribution < 1.29 is 4.68 Å². The van der Waals surface area contributed by atoms with Gasteiger partial charge in [0.25, 0.3) is 0 Å². The van der Waals surface area contributed by atoms with Gasteiger partial charge in [-0.15, -0.1) is 0 Å². The number of benzene rings is 1. The zero-order chi connectivity index (χ0) is 18.2. The molecular weight excluding hydrogens is 332 g/mol. The van der Waals surface area contributed by atoms with Crippen LogP contribution in [0.15, 0.2) is 66.1 Å². The first-order valence-corrected chi connectivity index (χ1v) is 7.60. The molecule has 25 heavy (non-hydrogen) atoms. The molecule has 0 amide bonds. The first kappa shape index (κ1) is 17.6. The lowest BCUT2D eigenvalue weighted by atomic mass is 10.2. The van der Waals surface area contributed by atoms with Gasteiger partial charge in [-0.3, -0.25) is 0 Å². The number of hydrogen-bond donors (Lipinski definition) is 1. The Bertz CT molecular complexity index is 911. The quantitative estimate of drug-likeness (QED) is 0.522. The average molecular weight is 345 g/mol. The van der Waals surface area contributed by atoms with Crippen LogP contribution in [0.3, 0.4) is 0 Å². The minimum atomic E-state index is -0.327. The highest BCUT2D eigenvalue weighted by Gasteiger charge is 2.27. The summed E-state index contributed by atoms with van der Waals surface area (Å²) >= 11 is 5.42. The number of pyridine rings is 1. The van der Waals surface area contributed by atoms with Gasteiger partial charge in [-0.1, -0.05) is 33.4 Å². The molecule has 0 saturated carbocycles. The van der Waals surface area contributed by atoms with E-state index in [0.29, 0.717) is 0 Å². The molecule has 6 nitrogen and oxygen atoms in total. The highest BCUT2D eigenvalue weighted by Crippen LogP contribution is 2.12. The molecule has 120 valence electrons. The van der Waals surface area contributed by atoms with E-state index in [1.807, 2.05) is 37.3 Å². The third kappa shape index (κ3) is 4.17. The maximum Gasteiger partial charge on any atom is 0.239 e. The van der Waals surface area contributed by atoms with Crippen LogP contribution in [0.2, 0.25) is 0 Å². The Labute approximate surface area is 151 Å². The van der Waals surface area contributed by atoms with E-state index < -0.39 is 0 Å². The van der Waals surface area contributed by atoms with Gasteiger partial charge in [-0.25, -0.2) is 0 Å². The van der Waals surface area contributed by atoms with Crippen molar-refractivity contribution in [1.82, 2.24) is 0 Å². The molecule has 0 fully saturated rings. The second-order valence-electron chi connectivity index (χ2n) is 4.92. The van der Waals surface area contributed by atoms with E-state index in [9.17, 15) is 5.26 Å². The van der Waals surface area contributed by atoms with Crippen molar-refractivity contribution in [3.63, 3.8) is 0 Å². The number of allylic oxidation sites excluding steroid dienone is 2. The second kappa shape index (κ2) is 8.21. The normalized spacial score (nSPS) is 9.04. The largest absolute Gasteiger partial charge is 0.328 e. The summed E-state index contributed by atoms with van der Waals surface area (Å²) in [4.78, 5) is 0. The summed E-state index contributed by atoms with van der Waals surface area (Å²) in [6.45, 7) is 1.97. The smallest absolute Gasteiger partial charge is 0.239 e. The third-order valence-electron chi connectivity index (χ3n) is 3.20. The third-order valence-corrected chi connectivity index (χ3v) is 3.48. The predicted molar refractivity (Wildman–Crippen MR) is 96.1 cm³/mol. The van der Waals surface area contributed by atoms with Gasteiger partial charge in [0.1, 0.15) is 18.2 Å². The lowest BCUT2D eigenvalue weighted by Gasteiger charge is -2.18. The number of nitrogens with zero attached hydrogens (tertiary/aromatic N) is 5. The topological polar surface area (TPSA) is 90.5 Å². The number of aryl methyl sites for hydroxylation is 1. The predicted octanol–water partition coefficient (Wildman–Crippen LogP) is 2.44. The Kier molecular flexibility index (Phi) is 5.79. The summed E-state index contributed by atoms with van der Waals surface area (Å²) in [5.41, 5.74) is 1.34. The average Bonchev–Trinajstić information content (AvgIpc) is 2.64. The van der Waals surface area contributed by atoms with Crippen LogP contribution in [0.4, 0.5) is 5.69 Å². The Morgan fingerprint density at radius 1 is 1.00 bits per heavy atom. The molecule has 1 N–H and O–H groups in total. The van der Waals surface area contributed by atoms with Crippen molar-refractivity contribution in [1.29, 1.82) is 15.8 Å². The number of nitriles is 3. The maximum atomic E-state index is 9.49. The van der Waals surface area contributed by atoms with Crippen LogP contribution in [0, 0.1) is 40.9 Å². The highest BCUT2D eigenvalue weighted by atomic mass is 32.1. The number of hydrogen-bond acceptors (Lipinski definition) is 4. The Morgan fingerprint density at radius 2 is 1.60 bits per heavy atom. The van der Waals surface area contributed by atoms with E-state index in [-0.39, 0.29) is 16.4 Å². The zero-order valence-electron chi connectivity index (χ0n) is 13.3. The van der Waals surface area contributed by atoms with Crippen molar-refractivity contribution in [3.8, 4) is 18.2 Å². The molecule has 0 spiro atoms. The van der Waals surface area contributed by atoms with Crippen LogP contribution >= 0.6 is 12.2 Å². The second-order valence-corrected chi connectivity index (χ2v) is 5.31. The molecule has 0 radical (unpaired) electrons. The van der Waals surface area contributed by atoms with Crippen LogP contribution in [-0.2, 0) is 0 Å². The number of thiocarbonyl (C=S) groups is 1. The molecule has 1 heterocycles. The molecule has 0 saturated heterocycles. The molecule has 0 unspecified atom stereocenters. The van der Waals surface area contributed by atoms with Crippen molar-refractivity contribution >= 4 is 23.0 Å². The molecule has 7 heteroatoms. The van der Waals surface area contributed by atoms with Gasteiger partial charge in [-0.2, -0.15) is 15.8 Å². The summed E-state index contributed by atoms with van der Waals surface area (Å²) in [6.07, 6.45) is 3.32. The van der Waals surface area contributed by atoms with Gasteiger partial charge in [0.2, 0.25) is 23.2 Å². The zero-order valence-corrected chi connectivity index (χ0v) is 14.2. The van der Waals surface area contributed by atoms with Gasteiger partial charge in [0.05, 0.1) is 0 Å².